The molecule has 4 heterocycles. The minimum Gasteiger partial charge on any atom is -0.349 e. The van der Waals surface area contributed by atoms with Crippen LogP contribution in [0.4, 0.5) is 0 Å². The van der Waals surface area contributed by atoms with Gasteiger partial charge in [-0.05, 0) is 32.8 Å². The molecule has 2 saturated heterocycles. The van der Waals surface area contributed by atoms with E-state index in [0.29, 0.717) is 17.6 Å². The van der Waals surface area contributed by atoms with Gasteiger partial charge in [-0.3, -0.25) is 9.13 Å². The fourth-order valence-electron chi connectivity index (χ4n) is 4.10. The van der Waals surface area contributed by atoms with E-state index in [2.05, 4.69) is 15.0 Å². The van der Waals surface area contributed by atoms with E-state index in [1.165, 1.54) is 44.1 Å². The van der Waals surface area contributed by atoms with Crippen LogP contribution in [0.5, 0.6) is 0 Å². The summed E-state index contributed by atoms with van der Waals surface area (Å²) in [5, 5.41) is 0.794. The minimum atomic E-state index is -3.30. The van der Waals surface area contributed by atoms with Crippen LogP contribution in [-0.4, -0.2) is 75.3 Å². The van der Waals surface area contributed by atoms with Gasteiger partial charge in [0.05, 0.1) is 12.4 Å². The second-order valence-corrected chi connectivity index (χ2v) is 12.3. The van der Waals surface area contributed by atoms with Crippen molar-refractivity contribution in [1.82, 2.24) is 19.5 Å². The standard InChI is InChI=1S/C18H27N4O6PS2/c1-18(2)27-13-10(7-11(30-5)29(23,24-3)25-4)26-17(14(13)28-18)22-9-21-12-15(22)19-8-20-16(12)31-6/h8-11,13-14,17H,7H2,1-6H3/t10-,11?,13-,14-,17-/m1/s1. The number of hydrogen-bond acceptors (Lipinski definition) is 11. The Morgan fingerprint density at radius 2 is 1.90 bits per heavy atom. The molecule has 2 aliphatic rings. The minimum absolute atomic E-state index is 0.351. The highest BCUT2D eigenvalue weighted by Crippen LogP contribution is 2.58. The third kappa shape index (κ3) is 4.17. The largest absolute Gasteiger partial charge is 0.349 e. The van der Waals surface area contributed by atoms with E-state index in [1.807, 2.05) is 30.9 Å². The van der Waals surface area contributed by atoms with E-state index in [4.69, 9.17) is 23.3 Å². The van der Waals surface area contributed by atoms with Crippen LogP contribution >= 0.6 is 31.1 Å². The molecule has 172 valence electrons. The quantitative estimate of drug-likeness (QED) is 0.308. The summed E-state index contributed by atoms with van der Waals surface area (Å²) < 4.78 is 44.2. The van der Waals surface area contributed by atoms with Crippen molar-refractivity contribution in [3.05, 3.63) is 12.7 Å². The van der Waals surface area contributed by atoms with Crippen molar-refractivity contribution in [2.45, 2.75) is 60.6 Å². The van der Waals surface area contributed by atoms with Crippen LogP contribution in [0, 0.1) is 0 Å². The SMILES string of the molecule is COP(=O)(OC)C(C[C@H]1O[C@@H](n2cnc3c(SC)ncnc32)[C@@H]2OC(C)(C)O[C@@H]21)SC. The van der Waals surface area contributed by atoms with E-state index >= 15 is 0 Å². The molecular weight excluding hydrogens is 463 g/mol. The zero-order chi connectivity index (χ0) is 22.4. The Hall–Kier alpha value is -0.720. The highest BCUT2D eigenvalue weighted by atomic mass is 32.2. The molecule has 0 N–H and O–H groups in total. The van der Waals surface area contributed by atoms with Gasteiger partial charge in [-0.2, -0.15) is 0 Å². The maximum absolute atomic E-state index is 13.0. The van der Waals surface area contributed by atoms with Gasteiger partial charge in [-0.15, -0.1) is 23.5 Å². The average Bonchev–Trinajstić information content (AvgIpc) is 3.42. The van der Waals surface area contributed by atoms with Crippen LogP contribution < -0.4 is 0 Å². The molecule has 0 aliphatic carbocycles. The maximum Gasteiger partial charge on any atom is 0.343 e. The van der Waals surface area contributed by atoms with Crippen molar-refractivity contribution in [1.29, 1.82) is 0 Å². The number of rotatable bonds is 8. The topological polar surface area (TPSA) is 107 Å². The molecule has 2 fully saturated rings. The second-order valence-electron chi connectivity index (χ2n) is 7.67. The van der Waals surface area contributed by atoms with Crippen molar-refractivity contribution in [3.63, 3.8) is 0 Å². The molecule has 31 heavy (non-hydrogen) atoms. The molecule has 1 unspecified atom stereocenters. The van der Waals surface area contributed by atoms with E-state index in [0.717, 1.165) is 5.03 Å². The predicted molar refractivity (Wildman–Crippen MR) is 118 cm³/mol. The molecule has 0 aromatic carbocycles. The summed E-state index contributed by atoms with van der Waals surface area (Å²) in [6.45, 7) is 3.75. The van der Waals surface area contributed by atoms with Gasteiger partial charge in [0.1, 0.15) is 34.1 Å². The Morgan fingerprint density at radius 3 is 2.55 bits per heavy atom. The fraction of sp³-hybridized carbons (Fsp3) is 0.722. The third-order valence-corrected chi connectivity index (χ3v) is 10.2. The lowest BCUT2D eigenvalue weighted by Gasteiger charge is -2.28. The summed E-state index contributed by atoms with van der Waals surface area (Å²) in [6, 6.07) is 0. The summed E-state index contributed by atoms with van der Waals surface area (Å²) in [7, 11) is -0.505. The molecule has 2 aliphatic heterocycles. The lowest BCUT2D eigenvalue weighted by atomic mass is 10.1. The van der Waals surface area contributed by atoms with Gasteiger partial charge in [0.2, 0.25) is 0 Å². The first-order valence-electron chi connectivity index (χ1n) is 9.73. The Balaban J connectivity index is 1.68. The molecule has 0 spiro atoms. The molecule has 13 heteroatoms. The summed E-state index contributed by atoms with van der Waals surface area (Å²) in [4.78, 5) is 12.8. The maximum atomic E-state index is 13.0. The molecule has 10 nitrogen and oxygen atoms in total. The number of imidazole rings is 1. The van der Waals surface area contributed by atoms with Gasteiger partial charge < -0.3 is 23.3 Å². The highest BCUT2D eigenvalue weighted by Gasteiger charge is 2.57. The van der Waals surface area contributed by atoms with Gasteiger partial charge in [0.25, 0.3) is 0 Å². The van der Waals surface area contributed by atoms with Crippen LogP contribution in [0.15, 0.2) is 17.7 Å². The van der Waals surface area contributed by atoms with E-state index in [1.54, 1.807) is 6.33 Å². The fourth-order valence-corrected chi connectivity index (χ4v) is 7.61. The van der Waals surface area contributed by atoms with Crippen LogP contribution in [0.2, 0.25) is 0 Å². The number of aromatic nitrogens is 4. The van der Waals surface area contributed by atoms with Gasteiger partial charge in [-0.1, -0.05) is 0 Å². The zero-order valence-electron chi connectivity index (χ0n) is 18.3. The van der Waals surface area contributed by atoms with Gasteiger partial charge in [0, 0.05) is 14.2 Å². The first-order valence-corrected chi connectivity index (χ1v) is 13.9. The monoisotopic (exact) mass is 490 g/mol. The normalized spacial score (nSPS) is 28.8. The van der Waals surface area contributed by atoms with Crippen molar-refractivity contribution in [3.8, 4) is 0 Å². The Labute approximate surface area is 189 Å². The Kier molecular flexibility index (Phi) is 6.73. The van der Waals surface area contributed by atoms with E-state index in [9.17, 15) is 4.57 Å². The first kappa shape index (κ1) is 23.4. The lowest BCUT2D eigenvalue weighted by Crippen LogP contribution is -2.32. The number of thioether (sulfide) groups is 2. The number of fused-ring (bicyclic) bond motifs is 2. The zero-order valence-corrected chi connectivity index (χ0v) is 20.8. The van der Waals surface area contributed by atoms with Crippen molar-refractivity contribution >= 4 is 42.3 Å². The molecule has 0 saturated carbocycles. The summed E-state index contributed by atoms with van der Waals surface area (Å²) >= 11 is 2.93. The first-order chi connectivity index (χ1) is 14.8. The summed E-state index contributed by atoms with van der Waals surface area (Å²) in [6.07, 6.45) is 5.83. The smallest absolute Gasteiger partial charge is 0.343 e. The van der Waals surface area contributed by atoms with Crippen molar-refractivity contribution in [2.75, 3.05) is 26.7 Å². The molecule has 2 aromatic heterocycles. The number of nitrogens with zero attached hydrogens (tertiary/aromatic N) is 4. The Morgan fingerprint density at radius 1 is 1.19 bits per heavy atom. The summed E-state index contributed by atoms with van der Waals surface area (Å²) in [5.74, 6) is -0.771. The molecule has 2 aromatic rings. The molecule has 4 rings (SSSR count). The Bertz CT molecular complexity index is 983. The molecule has 0 amide bonds. The van der Waals surface area contributed by atoms with Crippen LogP contribution in [0.25, 0.3) is 11.2 Å². The lowest BCUT2D eigenvalue weighted by molar-refractivity contribution is -0.196. The van der Waals surface area contributed by atoms with Gasteiger partial charge in [-0.25, -0.2) is 15.0 Å². The predicted octanol–water partition coefficient (Wildman–Crippen LogP) is 3.53. The van der Waals surface area contributed by atoms with Crippen LogP contribution in [0.3, 0.4) is 0 Å². The number of hydrogen-bond donors (Lipinski definition) is 0. The molecular formula is C18H27N4O6PS2. The van der Waals surface area contributed by atoms with Crippen LogP contribution in [0.1, 0.15) is 26.5 Å². The molecule has 5 atom stereocenters. The van der Waals surface area contributed by atoms with Crippen LogP contribution in [-0.2, 0) is 27.8 Å². The highest BCUT2D eigenvalue weighted by molar-refractivity contribution is 8.04. The van der Waals surface area contributed by atoms with Crippen molar-refractivity contribution < 1.29 is 27.8 Å². The second kappa shape index (κ2) is 8.90. The van der Waals surface area contributed by atoms with E-state index < -0.39 is 24.6 Å². The molecule has 0 bridgehead atoms. The third-order valence-electron chi connectivity index (χ3n) is 5.49. The molecule has 0 radical (unpaired) electrons. The van der Waals surface area contributed by atoms with E-state index in [-0.39, 0.29) is 18.3 Å². The van der Waals surface area contributed by atoms with Crippen molar-refractivity contribution in [2.24, 2.45) is 0 Å². The summed E-state index contributed by atoms with van der Waals surface area (Å²) in [5.41, 5.74) is 1.37. The average molecular weight is 491 g/mol. The number of ether oxygens (including phenoxy) is 3. The van der Waals surface area contributed by atoms with Gasteiger partial charge >= 0.3 is 7.60 Å². The van der Waals surface area contributed by atoms with Gasteiger partial charge in [0.15, 0.2) is 17.7 Å².